The van der Waals surface area contributed by atoms with Gasteiger partial charge in [-0.15, -0.1) is 0 Å². The molecule has 1 aromatic rings. The van der Waals surface area contributed by atoms with Crippen LogP contribution in [0.4, 0.5) is 5.69 Å². The number of nitro benzene ring substituents is 1. The third-order valence-electron chi connectivity index (χ3n) is 0.955. The average molecular weight is 203 g/mol. The molecular formula is C6H4BrNO2. The Morgan fingerprint density at radius 3 is 2.80 bits per heavy atom. The molecule has 0 aliphatic carbocycles. The molecule has 0 aliphatic heterocycles. The summed E-state index contributed by atoms with van der Waals surface area (Å²) < 4.78 is 7.84. The highest BCUT2D eigenvalue weighted by atomic mass is 79.9. The Balaban J connectivity index is 3.20. The van der Waals surface area contributed by atoms with Crippen LogP contribution in [0.5, 0.6) is 0 Å². The minimum absolute atomic E-state index is 0.0793. The Labute approximate surface area is 67.4 Å². The molecule has 52 valence electrons. The van der Waals surface area contributed by atoms with Crippen molar-refractivity contribution in [3.05, 3.63) is 38.8 Å². The second-order valence-corrected chi connectivity index (χ2v) is 2.56. The van der Waals surface area contributed by atoms with Crippen molar-refractivity contribution in [1.29, 1.82) is 0 Å². The van der Waals surface area contributed by atoms with Gasteiger partial charge in [0.2, 0.25) is 0 Å². The first kappa shape index (κ1) is 5.85. The van der Waals surface area contributed by atoms with E-state index in [1.165, 1.54) is 18.2 Å². The fourth-order valence-corrected chi connectivity index (χ4v) is 0.758. The van der Waals surface area contributed by atoms with Crippen LogP contribution in [0.3, 0.4) is 0 Å². The molecule has 0 amide bonds. The largest absolute Gasteiger partial charge is 0.269 e. The number of rotatable bonds is 1. The summed E-state index contributed by atoms with van der Waals surface area (Å²) >= 11 is 3.10. The van der Waals surface area contributed by atoms with Crippen molar-refractivity contribution >= 4 is 21.6 Å². The van der Waals surface area contributed by atoms with Gasteiger partial charge < -0.3 is 0 Å². The van der Waals surface area contributed by atoms with E-state index < -0.39 is 4.92 Å². The molecule has 0 aliphatic rings. The van der Waals surface area contributed by atoms with E-state index in [0.717, 1.165) is 0 Å². The number of hydrogen-bond donors (Lipinski definition) is 0. The van der Waals surface area contributed by atoms with Crippen molar-refractivity contribution in [3.63, 3.8) is 0 Å². The van der Waals surface area contributed by atoms with Gasteiger partial charge in [-0.25, -0.2) is 0 Å². The molecule has 0 atom stereocenters. The second kappa shape index (κ2) is 2.79. The van der Waals surface area contributed by atoms with Gasteiger partial charge in [-0.3, -0.25) is 10.1 Å². The van der Waals surface area contributed by atoms with Gasteiger partial charge in [0.15, 0.2) is 0 Å². The molecule has 0 saturated heterocycles. The maximum atomic E-state index is 10.2. The van der Waals surface area contributed by atoms with E-state index in [1.807, 2.05) is 0 Å². The smallest absolute Gasteiger partial charge is 0.258 e. The molecule has 1 aromatic carbocycles. The van der Waals surface area contributed by atoms with Gasteiger partial charge in [-0.05, 0) is 12.1 Å². The average Bonchev–Trinajstić information content (AvgIpc) is 1.85. The van der Waals surface area contributed by atoms with Crippen molar-refractivity contribution in [2.75, 3.05) is 0 Å². The van der Waals surface area contributed by atoms with Gasteiger partial charge in [0.05, 0.1) is 6.29 Å². The van der Waals surface area contributed by atoms with Crippen LogP contribution < -0.4 is 0 Å². The number of benzene rings is 1. The van der Waals surface area contributed by atoms with E-state index >= 15 is 0 Å². The van der Waals surface area contributed by atoms with Crippen LogP contribution in [0.2, 0.25) is 0 Å². The number of halogens is 1. The zero-order chi connectivity index (χ0) is 8.43. The van der Waals surface area contributed by atoms with E-state index in [1.54, 1.807) is 0 Å². The lowest BCUT2D eigenvalue weighted by Crippen LogP contribution is -1.85. The topological polar surface area (TPSA) is 43.1 Å². The Bertz CT molecular complexity index is 303. The van der Waals surface area contributed by atoms with Gasteiger partial charge in [0, 0.05) is 16.6 Å². The SMILES string of the molecule is [2H]c1cc(Br)ccc1[N+](=O)[O-]. The first-order valence-electron chi connectivity index (χ1n) is 3.02. The zero-order valence-electron chi connectivity index (χ0n) is 5.87. The fraction of sp³-hybridized carbons (Fsp3) is 0. The van der Waals surface area contributed by atoms with E-state index in [9.17, 15) is 10.1 Å². The van der Waals surface area contributed by atoms with Crippen molar-refractivity contribution in [2.24, 2.45) is 0 Å². The van der Waals surface area contributed by atoms with Gasteiger partial charge in [0.25, 0.3) is 5.69 Å². The molecule has 0 heterocycles. The molecule has 0 radical (unpaired) electrons. The Hall–Kier alpha value is -0.900. The highest BCUT2D eigenvalue weighted by Gasteiger charge is 2.01. The standard InChI is InChI=1S/C6H4BrNO2/c7-5-1-3-6(4-2-5)8(9)10/h1-4H/i3D. The fourth-order valence-electron chi connectivity index (χ4n) is 0.511. The van der Waals surface area contributed by atoms with Crippen LogP contribution in [0.15, 0.2) is 28.7 Å². The molecule has 1 rings (SSSR count). The predicted octanol–water partition coefficient (Wildman–Crippen LogP) is 2.36. The molecule has 0 aromatic heterocycles. The summed E-state index contributed by atoms with van der Waals surface area (Å²) in [5.41, 5.74) is -0.173. The van der Waals surface area contributed by atoms with E-state index in [2.05, 4.69) is 15.9 Å². The predicted molar refractivity (Wildman–Crippen MR) is 40.8 cm³/mol. The highest BCUT2D eigenvalue weighted by molar-refractivity contribution is 9.10. The molecule has 0 fully saturated rings. The number of nitrogens with zero attached hydrogens (tertiary/aromatic N) is 1. The van der Waals surface area contributed by atoms with E-state index in [4.69, 9.17) is 1.37 Å². The van der Waals surface area contributed by atoms with Gasteiger partial charge in [0.1, 0.15) is 0 Å². The summed E-state index contributed by atoms with van der Waals surface area (Å²) in [4.78, 5) is 9.63. The van der Waals surface area contributed by atoms with Crippen LogP contribution in [-0.2, 0) is 0 Å². The van der Waals surface area contributed by atoms with Crippen LogP contribution in [0.25, 0.3) is 0 Å². The Morgan fingerprint density at radius 1 is 1.60 bits per heavy atom. The zero-order valence-corrected chi connectivity index (χ0v) is 6.46. The van der Waals surface area contributed by atoms with E-state index in [-0.39, 0.29) is 11.7 Å². The molecule has 0 N–H and O–H groups in total. The number of hydrogen-bond acceptors (Lipinski definition) is 2. The number of nitro groups is 1. The molecule has 0 saturated carbocycles. The third-order valence-corrected chi connectivity index (χ3v) is 1.45. The summed E-state index contributed by atoms with van der Waals surface area (Å²) in [7, 11) is 0. The maximum Gasteiger partial charge on any atom is 0.269 e. The molecule has 3 nitrogen and oxygen atoms in total. The Morgan fingerprint density at radius 2 is 2.30 bits per heavy atom. The lowest BCUT2D eigenvalue weighted by molar-refractivity contribution is -0.384. The summed E-state index contributed by atoms with van der Waals surface area (Å²) in [5, 5.41) is 10.2. The van der Waals surface area contributed by atoms with Crippen LogP contribution in [0.1, 0.15) is 1.37 Å². The summed E-state index contributed by atoms with van der Waals surface area (Å²) in [6.07, 6.45) is 0. The second-order valence-electron chi connectivity index (χ2n) is 1.65. The van der Waals surface area contributed by atoms with Crippen LogP contribution in [0, 0.1) is 10.1 Å². The molecule has 0 bridgehead atoms. The van der Waals surface area contributed by atoms with Crippen molar-refractivity contribution in [2.45, 2.75) is 0 Å². The quantitative estimate of drug-likeness (QED) is 0.519. The maximum absolute atomic E-state index is 10.2. The lowest BCUT2D eigenvalue weighted by Gasteiger charge is -1.88. The van der Waals surface area contributed by atoms with Crippen molar-refractivity contribution < 1.29 is 6.29 Å². The van der Waals surface area contributed by atoms with Gasteiger partial charge in [-0.1, -0.05) is 15.9 Å². The lowest BCUT2D eigenvalue weighted by atomic mass is 10.3. The van der Waals surface area contributed by atoms with Gasteiger partial charge >= 0.3 is 0 Å². The first-order valence-corrected chi connectivity index (χ1v) is 3.31. The Kier molecular flexibility index (Phi) is 1.63. The minimum Gasteiger partial charge on any atom is -0.258 e. The first-order chi connectivity index (χ1) is 5.11. The van der Waals surface area contributed by atoms with E-state index in [0.29, 0.717) is 4.47 Å². The normalized spacial score (nSPS) is 10.7. The summed E-state index contributed by atoms with van der Waals surface area (Å²) in [6, 6.07) is 4.14. The minimum atomic E-state index is -0.575. The molecule has 4 heteroatoms. The highest BCUT2D eigenvalue weighted by Crippen LogP contribution is 2.15. The third kappa shape index (κ3) is 1.54. The van der Waals surface area contributed by atoms with Crippen LogP contribution >= 0.6 is 15.9 Å². The molecule has 10 heavy (non-hydrogen) atoms. The summed E-state index contributed by atoms with van der Waals surface area (Å²) in [6.45, 7) is 0. The molecule has 0 spiro atoms. The van der Waals surface area contributed by atoms with Gasteiger partial charge in [-0.2, -0.15) is 0 Å². The summed E-state index contributed by atoms with van der Waals surface area (Å²) in [5.74, 6) is 0. The van der Waals surface area contributed by atoms with Crippen LogP contribution in [-0.4, -0.2) is 4.92 Å². The van der Waals surface area contributed by atoms with Crippen molar-refractivity contribution in [3.8, 4) is 0 Å². The molecule has 0 unspecified atom stereocenters. The molecular weight excluding hydrogens is 198 g/mol. The van der Waals surface area contributed by atoms with Crippen molar-refractivity contribution in [1.82, 2.24) is 0 Å². The monoisotopic (exact) mass is 202 g/mol.